The van der Waals surface area contributed by atoms with Crippen LogP contribution in [-0.2, 0) is 6.42 Å². The first-order chi connectivity index (χ1) is 13.4. The lowest BCUT2D eigenvalue weighted by atomic mass is 10.0. The lowest BCUT2D eigenvalue weighted by Crippen LogP contribution is -2.54. The summed E-state index contributed by atoms with van der Waals surface area (Å²) >= 11 is 0. The van der Waals surface area contributed by atoms with Gasteiger partial charge in [-0.05, 0) is 37.1 Å². The van der Waals surface area contributed by atoms with Crippen molar-refractivity contribution in [2.45, 2.75) is 19.4 Å². The van der Waals surface area contributed by atoms with Crippen molar-refractivity contribution in [3.63, 3.8) is 0 Å². The molecule has 1 unspecified atom stereocenters. The van der Waals surface area contributed by atoms with Crippen LogP contribution < -0.4 is 16.0 Å². The molecule has 28 heavy (non-hydrogen) atoms. The number of amides is 3. The number of carboxylic acid groups (broad SMARTS) is 1. The zero-order chi connectivity index (χ0) is 20.1. The number of aromatic nitrogens is 1. The minimum atomic E-state index is -1.02. The molecule has 0 saturated carbocycles. The van der Waals surface area contributed by atoms with Gasteiger partial charge in [-0.3, -0.25) is 4.98 Å². The molecule has 3 rings (SSSR count). The van der Waals surface area contributed by atoms with E-state index in [2.05, 4.69) is 20.9 Å². The third kappa shape index (κ3) is 4.74. The molecule has 2 aromatic rings. The van der Waals surface area contributed by atoms with Gasteiger partial charge in [-0.25, -0.2) is 14.0 Å². The van der Waals surface area contributed by atoms with E-state index in [1.54, 1.807) is 24.3 Å². The smallest absolute Gasteiger partial charge is 0.407 e. The molecule has 9 heteroatoms. The van der Waals surface area contributed by atoms with E-state index in [4.69, 9.17) is 0 Å². The molecule has 8 nitrogen and oxygen atoms in total. The number of piperazine rings is 1. The Balaban J connectivity index is 1.69. The van der Waals surface area contributed by atoms with Gasteiger partial charge in [0.05, 0.1) is 23.6 Å². The molecule has 1 saturated heterocycles. The summed E-state index contributed by atoms with van der Waals surface area (Å²) in [6.07, 6.45) is 0.704. The third-order valence-electron chi connectivity index (χ3n) is 4.55. The summed E-state index contributed by atoms with van der Waals surface area (Å²) in [6, 6.07) is 7.17. The number of rotatable bonds is 4. The fraction of sp³-hybridized carbons (Fsp3) is 0.316. The summed E-state index contributed by atoms with van der Waals surface area (Å²) < 4.78 is 14.9. The number of carbonyl (C=O) groups is 2. The second kappa shape index (κ2) is 8.66. The largest absolute Gasteiger partial charge is 0.465 e. The lowest BCUT2D eigenvalue weighted by Gasteiger charge is -2.34. The van der Waals surface area contributed by atoms with Crippen LogP contribution in [0.5, 0.6) is 0 Å². The monoisotopic (exact) mass is 387 g/mol. The van der Waals surface area contributed by atoms with Crippen LogP contribution in [0.2, 0.25) is 0 Å². The average molecular weight is 387 g/mol. The summed E-state index contributed by atoms with van der Waals surface area (Å²) in [6.45, 7) is 3.20. The summed E-state index contributed by atoms with van der Waals surface area (Å²) in [7, 11) is 0. The van der Waals surface area contributed by atoms with Crippen LogP contribution in [0.25, 0.3) is 0 Å². The number of carbonyl (C=O) groups excluding carboxylic acids is 1. The molecule has 4 N–H and O–H groups in total. The number of nitrogens with one attached hydrogen (secondary N) is 3. The Hall–Kier alpha value is -3.20. The van der Waals surface area contributed by atoms with E-state index in [-0.39, 0.29) is 18.2 Å². The predicted octanol–water partition coefficient (Wildman–Crippen LogP) is 2.67. The molecular formula is C19H22FN5O3. The number of hydrogen-bond donors (Lipinski definition) is 4. The molecule has 1 aliphatic heterocycles. The first-order valence-electron chi connectivity index (χ1n) is 8.92. The van der Waals surface area contributed by atoms with E-state index < -0.39 is 17.9 Å². The van der Waals surface area contributed by atoms with Crippen LogP contribution in [0.3, 0.4) is 0 Å². The second-order valence-corrected chi connectivity index (χ2v) is 6.58. The number of urea groups is 1. The molecule has 0 bridgehead atoms. The van der Waals surface area contributed by atoms with Gasteiger partial charge in [0.15, 0.2) is 0 Å². The molecule has 3 amide bonds. The Bertz CT molecular complexity index is 859. The Labute approximate surface area is 161 Å². The van der Waals surface area contributed by atoms with E-state index in [0.717, 1.165) is 5.69 Å². The van der Waals surface area contributed by atoms with Crippen molar-refractivity contribution in [1.29, 1.82) is 0 Å². The predicted molar refractivity (Wildman–Crippen MR) is 103 cm³/mol. The van der Waals surface area contributed by atoms with Gasteiger partial charge in [0, 0.05) is 25.3 Å². The van der Waals surface area contributed by atoms with E-state index in [0.29, 0.717) is 30.9 Å². The normalized spacial score (nSPS) is 16.5. The zero-order valence-corrected chi connectivity index (χ0v) is 15.4. The van der Waals surface area contributed by atoms with Gasteiger partial charge in [-0.2, -0.15) is 0 Å². The molecule has 1 fully saturated rings. The first-order valence-corrected chi connectivity index (χ1v) is 8.92. The highest BCUT2D eigenvalue weighted by Gasteiger charge is 2.27. The summed E-state index contributed by atoms with van der Waals surface area (Å²) in [5.41, 5.74) is 1.68. The molecule has 148 valence electrons. The Kier molecular flexibility index (Phi) is 6.05. The maximum absolute atomic E-state index is 14.9. The molecule has 2 heterocycles. The minimum Gasteiger partial charge on any atom is -0.465 e. The van der Waals surface area contributed by atoms with Crippen molar-refractivity contribution in [1.82, 2.24) is 15.2 Å². The highest BCUT2D eigenvalue weighted by molar-refractivity contribution is 5.99. The topological polar surface area (TPSA) is 107 Å². The van der Waals surface area contributed by atoms with E-state index in [1.165, 1.54) is 17.2 Å². The summed E-state index contributed by atoms with van der Waals surface area (Å²) in [5, 5.41) is 17.5. The lowest BCUT2D eigenvalue weighted by molar-refractivity contribution is 0.112. The van der Waals surface area contributed by atoms with Gasteiger partial charge in [0.25, 0.3) is 0 Å². The molecule has 0 aliphatic carbocycles. The fourth-order valence-electron chi connectivity index (χ4n) is 3.11. The standard InChI is InChI=1S/C19H22FN5O3/c1-12-5-6-14(10-22-12)23-18(26)24-16-4-2-3-13(17(16)20)9-15-11-21-7-8-25(15)19(27)28/h2-6,10,15,21H,7-9,11H2,1H3,(H,27,28)(H2,23,24,26). The third-order valence-corrected chi connectivity index (χ3v) is 4.55. The Morgan fingerprint density at radius 1 is 1.32 bits per heavy atom. The SMILES string of the molecule is Cc1ccc(NC(=O)Nc2cccc(CC3CNCCN3C(=O)O)c2F)cn1. The van der Waals surface area contributed by atoms with Crippen molar-refractivity contribution in [2.24, 2.45) is 0 Å². The van der Waals surface area contributed by atoms with Crippen LogP contribution in [0, 0.1) is 12.7 Å². The number of anilines is 2. The average Bonchev–Trinajstić information content (AvgIpc) is 2.67. The molecule has 1 aliphatic rings. The van der Waals surface area contributed by atoms with Gasteiger partial charge in [-0.1, -0.05) is 12.1 Å². The number of benzene rings is 1. The molecule has 1 aromatic carbocycles. The van der Waals surface area contributed by atoms with Gasteiger partial charge in [0.2, 0.25) is 0 Å². The summed E-state index contributed by atoms with van der Waals surface area (Å²) in [4.78, 5) is 28.9. The number of pyridine rings is 1. The highest BCUT2D eigenvalue weighted by atomic mass is 19.1. The van der Waals surface area contributed by atoms with Crippen molar-refractivity contribution in [3.8, 4) is 0 Å². The molecule has 0 spiro atoms. The van der Waals surface area contributed by atoms with Crippen LogP contribution in [0.1, 0.15) is 11.3 Å². The van der Waals surface area contributed by atoms with E-state index in [9.17, 15) is 19.1 Å². The van der Waals surface area contributed by atoms with Crippen molar-refractivity contribution < 1.29 is 19.1 Å². The van der Waals surface area contributed by atoms with E-state index in [1.807, 2.05) is 6.92 Å². The quantitative estimate of drug-likeness (QED) is 0.645. The van der Waals surface area contributed by atoms with Crippen molar-refractivity contribution >= 4 is 23.5 Å². The van der Waals surface area contributed by atoms with Crippen molar-refractivity contribution in [2.75, 3.05) is 30.3 Å². The van der Waals surface area contributed by atoms with Gasteiger partial charge < -0.3 is 26.0 Å². The van der Waals surface area contributed by atoms with Crippen LogP contribution >= 0.6 is 0 Å². The van der Waals surface area contributed by atoms with Gasteiger partial charge >= 0.3 is 12.1 Å². The van der Waals surface area contributed by atoms with Gasteiger partial charge in [-0.15, -0.1) is 0 Å². The van der Waals surface area contributed by atoms with Crippen LogP contribution in [-0.4, -0.2) is 52.8 Å². The number of nitrogens with zero attached hydrogens (tertiary/aromatic N) is 2. The number of aryl methyl sites for hydroxylation is 1. The number of halogens is 1. The van der Waals surface area contributed by atoms with Gasteiger partial charge in [0.1, 0.15) is 5.82 Å². The Morgan fingerprint density at radius 3 is 2.86 bits per heavy atom. The summed E-state index contributed by atoms with van der Waals surface area (Å²) in [5.74, 6) is -0.574. The van der Waals surface area contributed by atoms with Crippen molar-refractivity contribution in [3.05, 3.63) is 53.6 Å². The highest BCUT2D eigenvalue weighted by Crippen LogP contribution is 2.21. The fourth-order valence-corrected chi connectivity index (χ4v) is 3.11. The second-order valence-electron chi connectivity index (χ2n) is 6.58. The molecule has 1 atom stereocenters. The van der Waals surface area contributed by atoms with Crippen LogP contribution in [0.15, 0.2) is 36.5 Å². The van der Waals surface area contributed by atoms with Crippen LogP contribution in [0.4, 0.5) is 25.4 Å². The minimum absolute atomic E-state index is 0.0284. The zero-order valence-electron chi connectivity index (χ0n) is 15.4. The first kappa shape index (κ1) is 19.6. The number of hydrogen-bond acceptors (Lipinski definition) is 4. The maximum atomic E-state index is 14.9. The van der Waals surface area contributed by atoms with E-state index >= 15 is 0 Å². The Morgan fingerprint density at radius 2 is 2.14 bits per heavy atom. The molecular weight excluding hydrogens is 365 g/mol. The molecule has 1 aromatic heterocycles. The molecule has 0 radical (unpaired) electrons. The maximum Gasteiger partial charge on any atom is 0.407 e.